The molecule has 30 heavy (non-hydrogen) atoms. The molecule has 0 N–H and O–H groups in total. The number of carbonyl (C=O) groups excluding carboxylic acids is 2. The van der Waals surface area contributed by atoms with Crippen molar-refractivity contribution in [3.63, 3.8) is 0 Å². The molecule has 1 aromatic rings. The van der Waals surface area contributed by atoms with E-state index in [2.05, 4.69) is 18.7 Å². The Hall–Kier alpha value is -1.85. The highest BCUT2D eigenvalue weighted by Gasteiger charge is 2.53. The first-order valence-electron chi connectivity index (χ1n) is 10.9. The fourth-order valence-corrected chi connectivity index (χ4v) is 5.32. The Morgan fingerprint density at radius 2 is 1.90 bits per heavy atom. The van der Waals surface area contributed by atoms with Crippen molar-refractivity contribution in [3.8, 4) is 0 Å². The lowest BCUT2D eigenvalue weighted by Gasteiger charge is -2.40. The van der Waals surface area contributed by atoms with Crippen LogP contribution in [0.1, 0.15) is 44.7 Å². The molecule has 3 aliphatic rings. The zero-order chi connectivity index (χ0) is 21.6. The molecule has 6 heteroatoms. The van der Waals surface area contributed by atoms with Crippen molar-refractivity contribution >= 4 is 23.3 Å². The van der Waals surface area contributed by atoms with E-state index in [0.29, 0.717) is 29.0 Å². The SMILES string of the molecule is CC1CC2OC3=C(C(=O)C2CC1C)C(c1cccc(Cl)c1)N(CCCN(C)C)C3=O. The van der Waals surface area contributed by atoms with E-state index in [1.54, 1.807) is 0 Å². The van der Waals surface area contributed by atoms with Crippen LogP contribution < -0.4 is 0 Å². The Balaban J connectivity index is 1.71. The Labute approximate surface area is 184 Å². The third-order valence-corrected chi connectivity index (χ3v) is 7.21. The molecule has 5 nitrogen and oxygen atoms in total. The Bertz CT molecular complexity index is 881. The molecule has 1 fully saturated rings. The third kappa shape index (κ3) is 3.78. The monoisotopic (exact) mass is 430 g/mol. The second kappa shape index (κ2) is 8.35. The number of rotatable bonds is 5. The Morgan fingerprint density at radius 3 is 2.60 bits per heavy atom. The van der Waals surface area contributed by atoms with Gasteiger partial charge in [0.25, 0.3) is 5.91 Å². The fraction of sp³-hybridized carbons (Fsp3) is 0.583. The summed E-state index contributed by atoms with van der Waals surface area (Å²) < 4.78 is 6.28. The van der Waals surface area contributed by atoms with Gasteiger partial charge in [0.15, 0.2) is 11.5 Å². The van der Waals surface area contributed by atoms with Crippen LogP contribution in [0.4, 0.5) is 0 Å². The number of fused-ring (bicyclic) bond motifs is 1. The molecule has 2 heterocycles. The molecule has 0 saturated heterocycles. The van der Waals surface area contributed by atoms with Gasteiger partial charge in [-0.2, -0.15) is 0 Å². The predicted octanol–water partition coefficient (Wildman–Crippen LogP) is 4.08. The molecule has 5 unspecified atom stereocenters. The summed E-state index contributed by atoms with van der Waals surface area (Å²) in [5.41, 5.74) is 1.41. The highest BCUT2D eigenvalue weighted by atomic mass is 35.5. The highest BCUT2D eigenvalue weighted by Crippen LogP contribution is 2.48. The molecular weight excluding hydrogens is 400 g/mol. The van der Waals surface area contributed by atoms with Crippen LogP contribution in [0.5, 0.6) is 0 Å². The molecule has 1 aromatic carbocycles. The summed E-state index contributed by atoms with van der Waals surface area (Å²) in [5, 5.41) is 0.601. The van der Waals surface area contributed by atoms with Gasteiger partial charge in [0.05, 0.1) is 17.5 Å². The number of hydrogen-bond acceptors (Lipinski definition) is 4. The van der Waals surface area contributed by atoms with Crippen molar-refractivity contribution in [1.29, 1.82) is 0 Å². The number of nitrogens with zero attached hydrogens (tertiary/aromatic N) is 2. The van der Waals surface area contributed by atoms with Gasteiger partial charge in [0, 0.05) is 11.6 Å². The van der Waals surface area contributed by atoms with Crippen LogP contribution in [0.2, 0.25) is 5.02 Å². The van der Waals surface area contributed by atoms with Crippen LogP contribution in [0.15, 0.2) is 35.6 Å². The van der Waals surface area contributed by atoms with Crippen LogP contribution in [0, 0.1) is 17.8 Å². The van der Waals surface area contributed by atoms with Crippen molar-refractivity contribution in [3.05, 3.63) is 46.2 Å². The van der Waals surface area contributed by atoms with Crippen molar-refractivity contribution in [2.24, 2.45) is 17.8 Å². The van der Waals surface area contributed by atoms with Crippen LogP contribution in [-0.4, -0.2) is 54.8 Å². The van der Waals surface area contributed by atoms with E-state index in [1.807, 2.05) is 43.3 Å². The maximum Gasteiger partial charge on any atom is 0.290 e. The summed E-state index contributed by atoms with van der Waals surface area (Å²) in [5.74, 6) is 1.00. The van der Waals surface area contributed by atoms with E-state index in [9.17, 15) is 9.59 Å². The van der Waals surface area contributed by atoms with Crippen molar-refractivity contribution in [2.75, 3.05) is 27.2 Å². The summed E-state index contributed by atoms with van der Waals surface area (Å²) in [7, 11) is 4.03. The largest absolute Gasteiger partial charge is 0.483 e. The number of amides is 1. The minimum Gasteiger partial charge on any atom is -0.483 e. The van der Waals surface area contributed by atoms with Gasteiger partial charge in [-0.25, -0.2) is 0 Å². The first-order chi connectivity index (χ1) is 14.3. The van der Waals surface area contributed by atoms with Gasteiger partial charge in [-0.05, 0) is 69.4 Å². The van der Waals surface area contributed by atoms with Crippen LogP contribution in [0.25, 0.3) is 0 Å². The molecule has 0 spiro atoms. The molecule has 162 valence electrons. The number of halogens is 1. The van der Waals surface area contributed by atoms with E-state index >= 15 is 0 Å². The van der Waals surface area contributed by atoms with Crippen molar-refractivity contribution in [1.82, 2.24) is 9.80 Å². The second-order valence-electron chi connectivity index (χ2n) is 9.41. The van der Waals surface area contributed by atoms with E-state index in [1.165, 1.54) is 0 Å². The zero-order valence-electron chi connectivity index (χ0n) is 18.2. The highest BCUT2D eigenvalue weighted by molar-refractivity contribution is 6.30. The quantitative estimate of drug-likeness (QED) is 0.706. The Morgan fingerprint density at radius 1 is 1.17 bits per heavy atom. The summed E-state index contributed by atoms with van der Waals surface area (Å²) >= 11 is 6.27. The first-order valence-corrected chi connectivity index (χ1v) is 11.3. The number of carbonyl (C=O) groups is 2. The lowest BCUT2D eigenvalue weighted by atomic mass is 9.70. The van der Waals surface area contributed by atoms with E-state index < -0.39 is 6.04 Å². The molecule has 0 aromatic heterocycles. The van der Waals surface area contributed by atoms with Gasteiger partial charge >= 0.3 is 0 Å². The molecule has 1 amide bonds. The number of Topliss-reactive ketones (excluding diaryl/α,β-unsaturated/α-hetero) is 1. The van der Waals surface area contributed by atoms with Gasteiger partial charge in [0.2, 0.25) is 0 Å². The van der Waals surface area contributed by atoms with E-state index in [-0.39, 0.29) is 29.5 Å². The first kappa shape index (κ1) is 21.4. The molecule has 2 aliphatic heterocycles. The van der Waals surface area contributed by atoms with Crippen LogP contribution in [-0.2, 0) is 14.3 Å². The van der Waals surface area contributed by atoms with Gasteiger partial charge in [0.1, 0.15) is 6.10 Å². The maximum absolute atomic E-state index is 13.7. The average Bonchev–Trinajstić information content (AvgIpc) is 2.96. The smallest absolute Gasteiger partial charge is 0.290 e. The second-order valence-corrected chi connectivity index (χ2v) is 9.85. The molecule has 5 atom stereocenters. The zero-order valence-corrected chi connectivity index (χ0v) is 19.0. The maximum atomic E-state index is 13.7. The summed E-state index contributed by atoms with van der Waals surface area (Å²) in [4.78, 5) is 31.0. The summed E-state index contributed by atoms with van der Waals surface area (Å²) in [6, 6.07) is 7.08. The normalized spacial score (nSPS) is 31.1. The van der Waals surface area contributed by atoms with Gasteiger partial charge in [-0.1, -0.05) is 37.6 Å². The molecule has 0 bridgehead atoms. The molecular formula is C24H31ClN2O3. The number of ether oxygens (including phenoxy) is 1. The van der Waals surface area contributed by atoms with E-state index in [4.69, 9.17) is 16.3 Å². The standard InChI is InChI=1S/C24H31ClN2O3/c1-14-11-18-19(12-15(14)2)30-23-20(22(18)28)21(16-7-5-8-17(25)13-16)27(24(23)29)10-6-9-26(3)4/h5,7-8,13-15,18-19,21H,6,9-12H2,1-4H3. The average molecular weight is 431 g/mol. The molecule has 1 aliphatic carbocycles. The van der Waals surface area contributed by atoms with Crippen LogP contribution >= 0.6 is 11.6 Å². The van der Waals surface area contributed by atoms with Gasteiger partial charge in [-0.3, -0.25) is 9.59 Å². The topological polar surface area (TPSA) is 49.9 Å². The van der Waals surface area contributed by atoms with Crippen molar-refractivity contribution in [2.45, 2.75) is 45.3 Å². The predicted molar refractivity (Wildman–Crippen MR) is 117 cm³/mol. The third-order valence-electron chi connectivity index (χ3n) is 6.98. The van der Waals surface area contributed by atoms with Gasteiger partial charge in [-0.15, -0.1) is 0 Å². The number of benzene rings is 1. The molecule has 1 saturated carbocycles. The fourth-order valence-electron chi connectivity index (χ4n) is 5.12. The van der Waals surface area contributed by atoms with Gasteiger partial charge < -0.3 is 14.5 Å². The lowest BCUT2D eigenvalue weighted by molar-refractivity contribution is -0.137. The van der Waals surface area contributed by atoms with Crippen LogP contribution in [0.3, 0.4) is 0 Å². The molecule has 4 rings (SSSR count). The van der Waals surface area contributed by atoms with E-state index in [0.717, 1.165) is 31.4 Å². The minimum absolute atomic E-state index is 0.0911. The summed E-state index contributed by atoms with van der Waals surface area (Å²) in [6.07, 6.45) is 2.28. The Kier molecular flexibility index (Phi) is 5.95. The van der Waals surface area contributed by atoms with Crippen molar-refractivity contribution < 1.29 is 14.3 Å². The lowest BCUT2D eigenvalue weighted by Crippen LogP contribution is -2.43. The number of ketones is 1. The molecule has 0 radical (unpaired) electrons. The minimum atomic E-state index is -0.420. The number of hydrogen-bond donors (Lipinski definition) is 0. The summed E-state index contributed by atoms with van der Waals surface area (Å²) in [6.45, 7) is 5.85.